The summed E-state index contributed by atoms with van der Waals surface area (Å²) >= 11 is 1.64. The van der Waals surface area contributed by atoms with Crippen LogP contribution in [0.3, 0.4) is 0 Å². The van der Waals surface area contributed by atoms with Gasteiger partial charge < -0.3 is 15.7 Å². The van der Waals surface area contributed by atoms with Crippen LogP contribution in [0.1, 0.15) is 11.3 Å². The molecule has 0 unspecified atom stereocenters. The number of benzene rings is 2. The van der Waals surface area contributed by atoms with E-state index in [1.54, 1.807) is 18.0 Å². The second-order valence-corrected chi connectivity index (χ2v) is 7.83. The van der Waals surface area contributed by atoms with Gasteiger partial charge in [0.05, 0.1) is 11.4 Å². The molecule has 6 nitrogen and oxygen atoms in total. The molecule has 30 heavy (non-hydrogen) atoms. The number of nitrogens with one attached hydrogen (secondary N) is 2. The van der Waals surface area contributed by atoms with Gasteiger partial charge in [-0.15, -0.1) is 0 Å². The Balaban J connectivity index is 1.72. The van der Waals surface area contributed by atoms with E-state index in [1.165, 1.54) is 0 Å². The molecule has 1 amide bonds. The Hall–Kier alpha value is -3.58. The summed E-state index contributed by atoms with van der Waals surface area (Å²) < 4.78 is 0. The summed E-state index contributed by atoms with van der Waals surface area (Å²) in [5.41, 5.74) is 4.24. The molecule has 0 radical (unpaired) electrons. The SMILES string of the molecule is Cc1ccc2c(Nc3cc(CNC(=O)O)ccc3Sc3ccccc3)ccnc2n1. The molecule has 2 aromatic carbocycles. The summed E-state index contributed by atoms with van der Waals surface area (Å²) in [6.45, 7) is 2.17. The highest BCUT2D eigenvalue weighted by molar-refractivity contribution is 7.99. The molecule has 4 rings (SSSR count). The number of hydrogen-bond acceptors (Lipinski definition) is 5. The molecule has 2 heterocycles. The van der Waals surface area contributed by atoms with Gasteiger partial charge >= 0.3 is 6.09 Å². The van der Waals surface area contributed by atoms with Crippen LogP contribution in [0.25, 0.3) is 11.0 Å². The highest BCUT2D eigenvalue weighted by Crippen LogP contribution is 2.36. The first kappa shape index (κ1) is 19.7. The van der Waals surface area contributed by atoms with Crippen molar-refractivity contribution in [2.24, 2.45) is 0 Å². The second-order valence-electron chi connectivity index (χ2n) is 6.71. The summed E-state index contributed by atoms with van der Waals surface area (Å²) in [5, 5.41) is 15.8. The Labute approximate surface area is 178 Å². The third-order valence-corrected chi connectivity index (χ3v) is 5.55. The maximum absolute atomic E-state index is 10.9. The van der Waals surface area contributed by atoms with Crippen molar-refractivity contribution in [3.8, 4) is 0 Å². The number of pyridine rings is 2. The average Bonchev–Trinajstić information content (AvgIpc) is 2.74. The maximum atomic E-state index is 10.9. The minimum Gasteiger partial charge on any atom is -0.465 e. The van der Waals surface area contributed by atoms with Crippen LogP contribution in [0, 0.1) is 6.92 Å². The molecule has 4 aromatic rings. The average molecular weight is 417 g/mol. The number of fused-ring (bicyclic) bond motifs is 1. The summed E-state index contributed by atoms with van der Waals surface area (Å²) in [4.78, 5) is 21.9. The van der Waals surface area contributed by atoms with Crippen molar-refractivity contribution in [1.82, 2.24) is 15.3 Å². The zero-order valence-corrected chi connectivity index (χ0v) is 17.1. The number of nitrogens with zero attached hydrogens (tertiary/aromatic N) is 2. The molecular formula is C23H20N4O2S. The number of rotatable bonds is 6. The van der Waals surface area contributed by atoms with Gasteiger partial charge in [-0.05, 0) is 55.0 Å². The van der Waals surface area contributed by atoms with Gasteiger partial charge in [-0.2, -0.15) is 0 Å². The van der Waals surface area contributed by atoms with Crippen LogP contribution >= 0.6 is 11.8 Å². The van der Waals surface area contributed by atoms with Gasteiger partial charge in [0, 0.05) is 33.6 Å². The molecule has 7 heteroatoms. The molecule has 0 spiro atoms. The molecule has 0 aliphatic carbocycles. The monoisotopic (exact) mass is 416 g/mol. The van der Waals surface area contributed by atoms with E-state index < -0.39 is 6.09 Å². The second kappa shape index (κ2) is 8.84. The zero-order valence-electron chi connectivity index (χ0n) is 16.3. The van der Waals surface area contributed by atoms with Crippen LogP contribution in [-0.2, 0) is 6.54 Å². The Morgan fingerprint density at radius 1 is 1.03 bits per heavy atom. The molecule has 0 bridgehead atoms. The molecular weight excluding hydrogens is 396 g/mol. The quantitative estimate of drug-likeness (QED) is 0.379. The van der Waals surface area contributed by atoms with E-state index in [0.717, 1.165) is 37.8 Å². The van der Waals surface area contributed by atoms with E-state index in [0.29, 0.717) is 5.65 Å². The Morgan fingerprint density at radius 2 is 1.87 bits per heavy atom. The van der Waals surface area contributed by atoms with E-state index in [-0.39, 0.29) is 6.54 Å². The van der Waals surface area contributed by atoms with Gasteiger partial charge in [0.15, 0.2) is 5.65 Å². The topological polar surface area (TPSA) is 87.1 Å². The van der Waals surface area contributed by atoms with Crippen LogP contribution in [-0.4, -0.2) is 21.2 Å². The fraction of sp³-hybridized carbons (Fsp3) is 0.0870. The van der Waals surface area contributed by atoms with Crippen LogP contribution < -0.4 is 10.6 Å². The first-order chi connectivity index (χ1) is 14.6. The lowest BCUT2D eigenvalue weighted by molar-refractivity contribution is 0.194. The highest BCUT2D eigenvalue weighted by Gasteiger charge is 2.10. The number of aryl methyl sites for hydroxylation is 1. The first-order valence-corrected chi connectivity index (χ1v) is 10.2. The smallest absolute Gasteiger partial charge is 0.404 e. The normalized spacial score (nSPS) is 10.7. The number of aromatic nitrogens is 2. The van der Waals surface area contributed by atoms with Crippen LogP contribution in [0.2, 0.25) is 0 Å². The van der Waals surface area contributed by atoms with Crippen molar-refractivity contribution >= 4 is 40.3 Å². The molecule has 0 aliphatic heterocycles. The Bertz CT molecular complexity index is 1200. The summed E-state index contributed by atoms with van der Waals surface area (Å²) in [6.07, 6.45) is 0.686. The Morgan fingerprint density at radius 3 is 2.67 bits per heavy atom. The van der Waals surface area contributed by atoms with E-state index in [1.807, 2.05) is 61.5 Å². The lowest BCUT2D eigenvalue weighted by Gasteiger charge is -2.15. The number of anilines is 2. The van der Waals surface area contributed by atoms with Crippen molar-refractivity contribution in [2.75, 3.05) is 5.32 Å². The van der Waals surface area contributed by atoms with Crippen molar-refractivity contribution < 1.29 is 9.90 Å². The summed E-state index contributed by atoms with van der Waals surface area (Å²) in [6, 6.07) is 21.9. The van der Waals surface area contributed by atoms with Gasteiger partial charge in [-0.3, -0.25) is 0 Å². The minimum absolute atomic E-state index is 0.234. The summed E-state index contributed by atoms with van der Waals surface area (Å²) in [5.74, 6) is 0. The maximum Gasteiger partial charge on any atom is 0.404 e. The van der Waals surface area contributed by atoms with Crippen molar-refractivity contribution in [1.29, 1.82) is 0 Å². The molecule has 0 aliphatic rings. The predicted molar refractivity (Wildman–Crippen MR) is 119 cm³/mol. The van der Waals surface area contributed by atoms with Gasteiger partial charge in [0.2, 0.25) is 0 Å². The van der Waals surface area contributed by atoms with E-state index in [9.17, 15) is 4.79 Å². The molecule has 0 fully saturated rings. The highest BCUT2D eigenvalue weighted by atomic mass is 32.2. The fourth-order valence-corrected chi connectivity index (χ4v) is 3.95. The van der Waals surface area contributed by atoms with Crippen LogP contribution in [0.5, 0.6) is 0 Å². The lowest BCUT2D eigenvalue weighted by atomic mass is 10.1. The van der Waals surface area contributed by atoms with E-state index in [4.69, 9.17) is 5.11 Å². The van der Waals surface area contributed by atoms with Gasteiger partial charge in [0.1, 0.15) is 0 Å². The van der Waals surface area contributed by atoms with Gasteiger partial charge in [0.25, 0.3) is 0 Å². The van der Waals surface area contributed by atoms with E-state index in [2.05, 4.69) is 32.7 Å². The van der Waals surface area contributed by atoms with E-state index >= 15 is 0 Å². The largest absolute Gasteiger partial charge is 0.465 e. The molecule has 3 N–H and O–H groups in total. The zero-order chi connectivity index (χ0) is 20.9. The first-order valence-electron chi connectivity index (χ1n) is 9.40. The minimum atomic E-state index is -1.05. The lowest BCUT2D eigenvalue weighted by Crippen LogP contribution is -2.19. The van der Waals surface area contributed by atoms with Crippen LogP contribution in [0.4, 0.5) is 16.2 Å². The van der Waals surface area contributed by atoms with Gasteiger partial charge in [-0.1, -0.05) is 36.0 Å². The molecule has 0 atom stereocenters. The Kier molecular flexibility index (Phi) is 5.81. The standard InChI is InChI=1S/C23H20N4O2S/c1-15-7-9-18-19(11-12-24-22(18)26-15)27-20-13-16(14-25-23(28)29)8-10-21(20)30-17-5-3-2-4-6-17/h2-13,25H,14H2,1H3,(H,28,29)(H,24,26,27). The van der Waals surface area contributed by atoms with Crippen molar-refractivity contribution in [2.45, 2.75) is 23.3 Å². The third-order valence-electron chi connectivity index (χ3n) is 4.47. The van der Waals surface area contributed by atoms with Crippen molar-refractivity contribution in [3.63, 3.8) is 0 Å². The summed E-state index contributed by atoms with van der Waals surface area (Å²) in [7, 11) is 0. The molecule has 0 saturated heterocycles. The van der Waals surface area contributed by atoms with Crippen molar-refractivity contribution in [3.05, 3.63) is 84.2 Å². The number of carboxylic acid groups (broad SMARTS) is 1. The molecule has 0 saturated carbocycles. The third kappa shape index (κ3) is 4.69. The van der Waals surface area contributed by atoms with Gasteiger partial charge in [-0.25, -0.2) is 14.8 Å². The fourth-order valence-electron chi connectivity index (χ4n) is 3.04. The van der Waals surface area contributed by atoms with Crippen LogP contribution in [0.15, 0.2) is 82.7 Å². The molecule has 2 aromatic heterocycles. The predicted octanol–water partition coefficient (Wildman–Crippen LogP) is 5.60. The number of amides is 1. The number of hydrogen-bond donors (Lipinski definition) is 3. The number of carbonyl (C=O) groups is 1. The molecule has 150 valence electrons.